The Morgan fingerprint density at radius 1 is 1.11 bits per heavy atom. The minimum Gasteiger partial charge on any atom is -0.481 e. The van der Waals surface area contributed by atoms with E-state index >= 15 is 0 Å². The summed E-state index contributed by atoms with van der Waals surface area (Å²) in [6.45, 7) is 2.15. The highest BCUT2D eigenvalue weighted by molar-refractivity contribution is 9.11. The number of ether oxygens (including phenoxy) is 1. The van der Waals surface area contributed by atoms with Gasteiger partial charge in [-0.25, -0.2) is 4.98 Å². The molecule has 0 unspecified atom stereocenters. The van der Waals surface area contributed by atoms with Crippen LogP contribution in [0.5, 0.6) is 5.75 Å². The standard InChI is InChI=1S/C26H21Br3N4O4/c1-2-3-7-24-31-22-11-10-18(27)12-20(22)26(34)32(24)30-14-16-5-4-6-23(33(35)36)25(16)37-15-17-8-9-19(28)13-21(17)29/h4-6,8-14H,2-3,7,15H2,1H3. The molecule has 0 aliphatic rings. The van der Waals surface area contributed by atoms with Crippen molar-refractivity contribution in [3.63, 3.8) is 0 Å². The van der Waals surface area contributed by atoms with Crippen LogP contribution in [0.3, 0.4) is 0 Å². The molecular weight excluding hydrogens is 672 g/mol. The first-order valence-electron chi connectivity index (χ1n) is 11.4. The Kier molecular flexibility index (Phi) is 8.88. The number of fused-ring (bicyclic) bond motifs is 1. The summed E-state index contributed by atoms with van der Waals surface area (Å²) < 4.78 is 9.66. The maximum Gasteiger partial charge on any atom is 0.311 e. The molecule has 4 aromatic rings. The van der Waals surface area contributed by atoms with Crippen molar-refractivity contribution in [3.8, 4) is 5.75 Å². The number of unbranched alkanes of at least 4 members (excludes halogenated alkanes) is 1. The molecule has 0 aliphatic carbocycles. The minimum atomic E-state index is -0.503. The molecule has 0 spiro atoms. The van der Waals surface area contributed by atoms with Crippen molar-refractivity contribution in [3.05, 3.63) is 105 Å². The van der Waals surface area contributed by atoms with Crippen molar-refractivity contribution in [2.24, 2.45) is 5.10 Å². The Labute approximate surface area is 237 Å². The fraction of sp³-hybridized carbons (Fsp3) is 0.192. The number of nitrogens with zero attached hydrogens (tertiary/aromatic N) is 4. The number of hydrogen-bond acceptors (Lipinski definition) is 6. The van der Waals surface area contributed by atoms with Crippen LogP contribution in [0, 0.1) is 10.1 Å². The van der Waals surface area contributed by atoms with Crippen molar-refractivity contribution in [1.82, 2.24) is 9.66 Å². The lowest BCUT2D eigenvalue weighted by molar-refractivity contribution is -0.385. The van der Waals surface area contributed by atoms with Crippen LogP contribution in [-0.4, -0.2) is 20.8 Å². The second-order valence-corrected chi connectivity index (χ2v) is 10.8. The van der Waals surface area contributed by atoms with Gasteiger partial charge in [0.2, 0.25) is 5.75 Å². The molecule has 1 aromatic heterocycles. The number of nitro benzene ring substituents is 1. The summed E-state index contributed by atoms with van der Waals surface area (Å²) in [6, 6.07) is 15.5. The molecule has 0 bridgehead atoms. The van der Waals surface area contributed by atoms with Crippen LogP contribution in [0.25, 0.3) is 10.9 Å². The van der Waals surface area contributed by atoms with Crippen molar-refractivity contribution >= 4 is 70.6 Å². The lowest BCUT2D eigenvalue weighted by atomic mass is 10.2. The monoisotopic (exact) mass is 690 g/mol. The van der Waals surface area contributed by atoms with Gasteiger partial charge in [0.1, 0.15) is 12.4 Å². The zero-order valence-electron chi connectivity index (χ0n) is 19.7. The number of nitro groups is 1. The van der Waals surface area contributed by atoms with E-state index in [1.807, 2.05) is 24.3 Å². The van der Waals surface area contributed by atoms with Gasteiger partial charge in [0, 0.05) is 37.0 Å². The largest absolute Gasteiger partial charge is 0.481 e. The summed E-state index contributed by atoms with van der Waals surface area (Å²) in [4.78, 5) is 29.3. The molecule has 11 heteroatoms. The molecule has 0 saturated heterocycles. The highest BCUT2D eigenvalue weighted by atomic mass is 79.9. The molecule has 0 atom stereocenters. The first kappa shape index (κ1) is 27.2. The minimum absolute atomic E-state index is 0.0609. The molecule has 3 aromatic carbocycles. The number of benzene rings is 3. The summed E-state index contributed by atoms with van der Waals surface area (Å²) >= 11 is 10.3. The van der Waals surface area contributed by atoms with E-state index in [0.717, 1.165) is 31.8 Å². The maximum atomic E-state index is 13.4. The molecule has 0 aliphatic heterocycles. The summed E-state index contributed by atoms with van der Waals surface area (Å²) in [7, 11) is 0. The topological polar surface area (TPSA) is 99.6 Å². The Hall–Kier alpha value is -2.89. The lowest BCUT2D eigenvalue weighted by Gasteiger charge is -2.12. The van der Waals surface area contributed by atoms with Gasteiger partial charge >= 0.3 is 5.69 Å². The normalized spacial score (nSPS) is 11.4. The quantitative estimate of drug-likeness (QED) is 0.103. The van der Waals surface area contributed by atoms with Crippen LogP contribution in [0.2, 0.25) is 0 Å². The van der Waals surface area contributed by atoms with Gasteiger partial charge in [-0.15, -0.1) is 0 Å². The van der Waals surface area contributed by atoms with E-state index in [-0.39, 0.29) is 23.6 Å². The Morgan fingerprint density at radius 3 is 2.59 bits per heavy atom. The Bertz CT molecular complexity index is 1570. The van der Waals surface area contributed by atoms with E-state index in [4.69, 9.17) is 4.74 Å². The van der Waals surface area contributed by atoms with E-state index in [1.54, 1.807) is 24.3 Å². The molecule has 8 nitrogen and oxygen atoms in total. The van der Waals surface area contributed by atoms with Gasteiger partial charge in [-0.2, -0.15) is 9.78 Å². The molecule has 0 amide bonds. The van der Waals surface area contributed by atoms with Crippen molar-refractivity contribution < 1.29 is 9.66 Å². The van der Waals surface area contributed by atoms with Gasteiger partial charge in [0.25, 0.3) is 5.56 Å². The van der Waals surface area contributed by atoms with Crippen LogP contribution in [0.15, 0.2) is 77.9 Å². The SMILES string of the molecule is CCCCc1nc2ccc(Br)cc2c(=O)n1N=Cc1cccc([N+](=O)[O-])c1OCc1ccc(Br)cc1Br. The first-order chi connectivity index (χ1) is 17.8. The molecule has 37 heavy (non-hydrogen) atoms. The number of aryl methyl sites for hydroxylation is 1. The van der Waals surface area contributed by atoms with Crippen molar-refractivity contribution in [2.75, 3.05) is 0 Å². The first-order valence-corrected chi connectivity index (χ1v) is 13.8. The van der Waals surface area contributed by atoms with E-state index < -0.39 is 4.92 Å². The molecule has 1 heterocycles. The fourth-order valence-electron chi connectivity index (χ4n) is 3.66. The molecular formula is C26H21Br3N4O4. The number of rotatable bonds is 9. The van der Waals surface area contributed by atoms with Gasteiger partial charge in [0.05, 0.1) is 22.0 Å². The fourth-order valence-corrected chi connectivity index (χ4v) is 5.19. The second kappa shape index (κ2) is 12.1. The number of halogens is 3. The highest BCUT2D eigenvalue weighted by Crippen LogP contribution is 2.32. The molecule has 0 fully saturated rings. The third-order valence-corrected chi connectivity index (χ3v) is 7.27. The third kappa shape index (κ3) is 6.34. The maximum absolute atomic E-state index is 13.4. The third-order valence-electron chi connectivity index (χ3n) is 5.55. The summed E-state index contributed by atoms with van der Waals surface area (Å²) in [5.74, 6) is 0.579. The van der Waals surface area contributed by atoms with Gasteiger partial charge in [-0.3, -0.25) is 14.9 Å². The second-order valence-electron chi connectivity index (χ2n) is 8.13. The summed E-state index contributed by atoms with van der Waals surface area (Å²) in [5.41, 5.74) is 1.25. The van der Waals surface area contributed by atoms with Gasteiger partial charge in [0.15, 0.2) is 0 Å². The zero-order chi connectivity index (χ0) is 26.5. The van der Waals surface area contributed by atoms with E-state index in [1.165, 1.54) is 17.0 Å². The van der Waals surface area contributed by atoms with E-state index in [0.29, 0.717) is 28.7 Å². The summed E-state index contributed by atoms with van der Waals surface area (Å²) in [6.07, 6.45) is 3.72. The van der Waals surface area contributed by atoms with Crippen molar-refractivity contribution in [2.45, 2.75) is 32.8 Å². The molecule has 0 radical (unpaired) electrons. The van der Waals surface area contributed by atoms with Crippen LogP contribution in [0.1, 0.15) is 36.7 Å². The van der Waals surface area contributed by atoms with Crippen molar-refractivity contribution in [1.29, 1.82) is 0 Å². The van der Waals surface area contributed by atoms with Crippen LogP contribution >= 0.6 is 47.8 Å². The van der Waals surface area contributed by atoms with Gasteiger partial charge in [-0.1, -0.05) is 73.3 Å². The predicted molar refractivity (Wildman–Crippen MR) is 155 cm³/mol. The van der Waals surface area contributed by atoms with E-state index in [9.17, 15) is 14.9 Å². The average molecular weight is 693 g/mol. The molecule has 0 saturated carbocycles. The van der Waals surface area contributed by atoms with Crippen LogP contribution in [0.4, 0.5) is 5.69 Å². The zero-order valence-corrected chi connectivity index (χ0v) is 24.4. The highest BCUT2D eigenvalue weighted by Gasteiger charge is 2.19. The Morgan fingerprint density at radius 2 is 1.86 bits per heavy atom. The molecule has 4 rings (SSSR count). The van der Waals surface area contributed by atoms with Crippen LogP contribution < -0.4 is 10.3 Å². The molecule has 0 N–H and O–H groups in total. The Balaban J connectivity index is 1.77. The van der Waals surface area contributed by atoms with Gasteiger partial charge < -0.3 is 4.74 Å². The lowest BCUT2D eigenvalue weighted by Crippen LogP contribution is -2.22. The summed E-state index contributed by atoms with van der Waals surface area (Å²) in [5, 5.41) is 16.6. The predicted octanol–water partition coefficient (Wildman–Crippen LogP) is 7.40. The average Bonchev–Trinajstić information content (AvgIpc) is 2.87. The number of hydrogen-bond donors (Lipinski definition) is 0. The molecule has 190 valence electrons. The van der Waals surface area contributed by atoms with Gasteiger partial charge in [-0.05, 0) is 42.8 Å². The van der Waals surface area contributed by atoms with E-state index in [2.05, 4.69) is 64.8 Å². The number of para-hydroxylation sites is 1. The number of aromatic nitrogens is 2. The smallest absolute Gasteiger partial charge is 0.311 e. The van der Waals surface area contributed by atoms with Crippen LogP contribution in [-0.2, 0) is 13.0 Å².